The standard InChI is InChI=1S/C56H69N5O10/c1-10-52(58-46(63)36-17-19-37(20-18-36)70-33(3)4)29-35-30-55(50(64)68-8,45-39(21-25-60(31-35)32-52)38-15-12-13-16-42(38)57-45)41-27-40-43(28-44(41)67-7)59(6)48-54(40)23-26-61-24-14-22-53(11-2,47(54)61)49(71-34(5)62)56(48,66)51(65)69-9/h12-20,22,27-28,33,35,47-49,57,66H,10-11,21,23-26,29-32H2,1-9H3,(H,58,63)/t35-,47+,48-,49-,52+,53-,54-,55+,56+/m1/s1. The molecule has 1 aromatic heterocycles. The number of para-hydroxylation sites is 1. The summed E-state index contributed by atoms with van der Waals surface area (Å²) >= 11 is 0. The third kappa shape index (κ3) is 7.06. The van der Waals surface area contributed by atoms with Crippen molar-refractivity contribution in [3.05, 3.63) is 101 Å². The van der Waals surface area contributed by atoms with E-state index in [1.54, 1.807) is 19.2 Å². The molecule has 378 valence electrons. The fraction of sp³-hybridized carbons (Fsp3) is 0.536. The maximum atomic E-state index is 15.8. The number of hydrogen-bond acceptors (Lipinski definition) is 13. The van der Waals surface area contributed by atoms with Gasteiger partial charge in [0.2, 0.25) is 5.60 Å². The smallest absolute Gasteiger partial charge is 0.344 e. The molecule has 6 heterocycles. The maximum Gasteiger partial charge on any atom is 0.344 e. The van der Waals surface area contributed by atoms with Crippen molar-refractivity contribution < 1.29 is 48.0 Å². The van der Waals surface area contributed by atoms with Crippen molar-refractivity contribution in [3.8, 4) is 11.5 Å². The van der Waals surface area contributed by atoms with Gasteiger partial charge in [0.1, 0.15) is 16.9 Å². The number of hydrogen-bond donors (Lipinski definition) is 3. The number of piperidine rings is 1. The molecule has 6 aliphatic rings. The Labute approximate surface area is 416 Å². The molecule has 3 N–H and O–H groups in total. The van der Waals surface area contributed by atoms with Crippen LogP contribution < -0.4 is 19.7 Å². The summed E-state index contributed by atoms with van der Waals surface area (Å²) in [7, 11) is 6.16. The van der Waals surface area contributed by atoms with Crippen LogP contribution in [-0.2, 0) is 45.8 Å². The lowest BCUT2D eigenvalue weighted by Crippen LogP contribution is -2.81. The van der Waals surface area contributed by atoms with Gasteiger partial charge < -0.3 is 48.9 Å². The summed E-state index contributed by atoms with van der Waals surface area (Å²) in [6, 6.07) is 18.2. The van der Waals surface area contributed by atoms with Crippen molar-refractivity contribution in [2.75, 3.05) is 66.0 Å². The summed E-state index contributed by atoms with van der Waals surface area (Å²) < 4.78 is 30.2. The Hall–Kier alpha value is -5.90. The molecule has 1 spiro atoms. The first kappa shape index (κ1) is 48.7. The average molecular weight is 972 g/mol. The quantitative estimate of drug-likeness (QED) is 0.0881. The lowest BCUT2D eigenvalue weighted by molar-refractivity contribution is -0.228. The zero-order chi connectivity index (χ0) is 50.4. The van der Waals surface area contributed by atoms with Crippen molar-refractivity contribution >= 4 is 40.4 Å². The molecule has 3 fully saturated rings. The van der Waals surface area contributed by atoms with E-state index in [1.165, 1.54) is 21.1 Å². The van der Waals surface area contributed by atoms with Gasteiger partial charge in [0.05, 0.1) is 39.0 Å². The zero-order valence-corrected chi connectivity index (χ0v) is 42.6. The number of likely N-dealkylation sites (N-methyl/N-ethyl adjacent to an activating group) is 1. The first-order valence-electron chi connectivity index (χ1n) is 25.4. The molecule has 15 nitrogen and oxygen atoms in total. The number of benzene rings is 3. The first-order valence-corrected chi connectivity index (χ1v) is 25.4. The Kier molecular flexibility index (Phi) is 12.1. The minimum absolute atomic E-state index is 0.000386. The van der Waals surface area contributed by atoms with Crippen molar-refractivity contribution in [3.63, 3.8) is 0 Å². The highest BCUT2D eigenvalue weighted by molar-refractivity contribution is 5.96. The van der Waals surface area contributed by atoms with Gasteiger partial charge in [-0.2, -0.15) is 0 Å². The molecule has 15 heteroatoms. The van der Waals surface area contributed by atoms with Crippen LogP contribution in [0.15, 0.2) is 72.8 Å². The Morgan fingerprint density at radius 1 is 0.915 bits per heavy atom. The van der Waals surface area contributed by atoms with E-state index in [1.807, 2.05) is 69.1 Å². The number of anilines is 1. The number of carbonyl (C=O) groups is 4. The van der Waals surface area contributed by atoms with Crippen LogP contribution >= 0.6 is 0 Å². The zero-order valence-electron chi connectivity index (χ0n) is 42.6. The van der Waals surface area contributed by atoms with Crippen molar-refractivity contribution in [2.45, 2.75) is 119 Å². The number of carbonyl (C=O) groups excluding carboxylic acids is 4. The number of ether oxygens (including phenoxy) is 5. The van der Waals surface area contributed by atoms with Gasteiger partial charge in [0, 0.05) is 96.5 Å². The van der Waals surface area contributed by atoms with Crippen molar-refractivity contribution in [1.82, 2.24) is 20.1 Å². The molecule has 5 aliphatic heterocycles. The predicted molar refractivity (Wildman–Crippen MR) is 268 cm³/mol. The van der Waals surface area contributed by atoms with Gasteiger partial charge in [0.25, 0.3) is 5.91 Å². The van der Waals surface area contributed by atoms with Crippen LogP contribution in [0.3, 0.4) is 0 Å². The van der Waals surface area contributed by atoms with Crippen LogP contribution in [0.5, 0.6) is 11.5 Å². The molecular formula is C56H69N5O10. The van der Waals surface area contributed by atoms with Gasteiger partial charge in [-0.1, -0.05) is 44.2 Å². The van der Waals surface area contributed by atoms with E-state index in [4.69, 9.17) is 23.7 Å². The summed E-state index contributed by atoms with van der Waals surface area (Å²) in [5, 5.41) is 18.0. The molecule has 2 bridgehead atoms. The minimum Gasteiger partial charge on any atom is -0.496 e. The molecule has 71 heavy (non-hydrogen) atoms. The Balaban J connectivity index is 1.18. The van der Waals surface area contributed by atoms with Crippen LogP contribution in [0.2, 0.25) is 0 Å². The molecule has 0 radical (unpaired) electrons. The van der Waals surface area contributed by atoms with Crippen LogP contribution in [-0.4, -0.2) is 140 Å². The molecule has 2 saturated heterocycles. The Morgan fingerprint density at radius 3 is 2.34 bits per heavy atom. The third-order valence-corrected chi connectivity index (χ3v) is 17.5. The van der Waals surface area contributed by atoms with E-state index in [0.29, 0.717) is 93.9 Å². The number of methoxy groups -OCH3 is 3. The molecule has 1 aliphatic carbocycles. The highest BCUT2D eigenvalue weighted by Gasteiger charge is 2.80. The number of H-pyrrole nitrogens is 1. The topological polar surface area (TPSA) is 172 Å². The van der Waals surface area contributed by atoms with E-state index < -0.39 is 57.4 Å². The van der Waals surface area contributed by atoms with E-state index in [0.717, 1.165) is 33.4 Å². The van der Waals surface area contributed by atoms with Crippen LogP contribution in [0, 0.1) is 11.3 Å². The summed E-state index contributed by atoms with van der Waals surface area (Å²) in [4.78, 5) is 68.4. The number of aliphatic hydroxyl groups is 1. The van der Waals surface area contributed by atoms with Gasteiger partial charge in [-0.15, -0.1) is 0 Å². The fourth-order valence-electron chi connectivity index (χ4n) is 15.0. The number of esters is 3. The predicted octanol–water partition coefficient (Wildman–Crippen LogP) is 6.22. The van der Waals surface area contributed by atoms with Crippen LogP contribution in [0.25, 0.3) is 10.9 Å². The number of rotatable bonds is 11. The van der Waals surface area contributed by atoms with E-state index in [2.05, 4.69) is 51.3 Å². The largest absolute Gasteiger partial charge is 0.496 e. The Morgan fingerprint density at radius 2 is 1.66 bits per heavy atom. The molecule has 4 aromatic rings. The van der Waals surface area contributed by atoms with Gasteiger partial charge in [-0.25, -0.2) is 4.79 Å². The van der Waals surface area contributed by atoms with Crippen LogP contribution in [0.1, 0.15) is 99.5 Å². The van der Waals surface area contributed by atoms with Gasteiger partial charge in [0.15, 0.2) is 6.10 Å². The highest BCUT2D eigenvalue weighted by Crippen LogP contribution is 2.68. The summed E-state index contributed by atoms with van der Waals surface area (Å²) in [5.74, 6) is -1.15. The summed E-state index contributed by atoms with van der Waals surface area (Å²) in [6.07, 6.45) is 5.94. The molecule has 10 rings (SSSR count). The average Bonchev–Trinajstić information content (AvgIpc) is 4.03. The number of aromatic amines is 1. The minimum atomic E-state index is -2.34. The molecule has 1 unspecified atom stereocenters. The Bertz CT molecular complexity index is 2810. The molecular weight excluding hydrogens is 903 g/mol. The molecule has 1 saturated carbocycles. The first-order chi connectivity index (χ1) is 34.0. The van der Waals surface area contributed by atoms with Crippen molar-refractivity contribution in [1.29, 1.82) is 0 Å². The maximum absolute atomic E-state index is 15.8. The number of nitrogens with one attached hydrogen (secondary N) is 2. The van der Waals surface area contributed by atoms with Gasteiger partial charge in [-0.3, -0.25) is 19.3 Å². The number of aromatic nitrogens is 1. The SMILES string of the molecule is CC[C@]1(NC(=O)c2ccc(OC(C)C)cc2)C[C@H]2CN(CCc3c([nH]c4ccccc34)[C@@](C(=O)OC)(c3cc4c(cc3OC)N(C)[C@H]3[C@@](O)(C(=O)OC)[C@H](OC(C)=O)[C@]5(CC)C=CCN6CC[C@]43[C@@H]65)C2)C1. The normalized spacial score (nSPS) is 32.6. The van der Waals surface area contributed by atoms with E-state index in [-0.39, 0.29) is 24.0 Å². The molecule has 10 atom stereocenters. The number of amides is 1. The highest BCUT2D eigenvalue weighted by atomic mass is 16.6. The van der Waals surface area contributed by atoms with Gasteiger partial charge >= 0.3 is 17.9 Å². The second kappa shape index (κ2) is 17.7. The molecule has 3 aromatic carbocycles. The van der Waals surface area contributed by atoms with Gasteiger partial charge in [-0.05, 0) is 112 Å². The second-order valence-corrected chi connectivity index (χ2v) is 21.4. The molecule has 1 amide bonds. The lowest BCUT2D eigenvalue weighted by Gasteiger charge is -2.63. The van der Waals surface area contributed by atoms with E-state index >= 15 is 4.79 Å². The third-order valence-electron chi connectivity index (χ3n) is 17.5. The van der Waals surface area contributed by atoms with E-state index in [9.17, 15) is 19.5 Å². The summed E-state index contributed by atoms with van der Waals surface area (Å²) in [6.45, 7) is 12.6. The fourth-order valence-corrected chi connectivity index (χ4v) is 15.0. The van der Waals surface area contributed by atoms with Crippen molar-refractivity contribution in [2.24, 2.45) is 11.3 Å². The summed E-state index contributed by atoms with van der Waals surface area (Å²) in [5.41, 5.74) is -1.10. The lowest BCUT2D eigenvalue weighted by atomic mass is 9.47. The second-order valence-electron chi connectivity index (χ2n) is 21.4. The number of fused-ring (bicyclic) bond motifs is 6. The number of nitrogens with zero attached hydrogens (tertiary/aromatic N) is 3. The monoisotopic (exact) mass is 972 g/mol. The van der Waals surface area contributed by atoms with Crippen LogP contribution in [0.4, 0.5) is 5.69 Å².